The predicted molar refractivity (Wildman–Crippen MR) is 165 cm³/mol. The van der Waals surface area contributed by atoms with Crippen LogP contribution in [-0.2, 0) is 20.9 Å². The highest BCUT2D eigenvalue weighted by molar-refractivity contribution is 7.17. The Bertz CT molecular complexity index is 1730. The third-order valence-electron chi connectivity index (χ3n) is 6.63. The number of thiazole rings is 1. The molecule has 0 saturated carbocycles. The molecule has 1 N–H and O–H groups in total. The number of carbonyl (C=O) groups excluding carboxylic acids is 3. The van der Waals surface area contributed by atoms with Gasteiger partial charge in [-0.2, -0.15) is 0 Å². The van der Waals surface area contributed by atoms with Gasteiger partial charge in [-0.3, -0.25) is 14.5 Å². The van der Waals surface area contributed by atoms with Crippen molar-refractivity contribution < 1.29 is 29.0 Å². The molecule has 4 aromatic rings. The van der Waals surface area contributed by atoms with Gasteiger partial charge in [0.05, 0.1) is 17.3 Å². The first kappa shape index (κ1) is 29.2. The normalized spacial score (nSPS) is 14.8. The Morgan fingerprint density at radius 1 is 1.05 bits per heavy atom. The molecule has 5 rings (SSSR count). The van der Waals surface area contributed by atoms with Gasteiger partial charge in [0.1, 0.15) is 23.8 Å². The van der Waals surface area contributed by atoms with Gasteiger partial charge < -0.3 is 14.6 Å². The van der Waals surface area contributed by atoms with Crippen molar-refractivity contribution >= 4 is 40.2 Å². The minimum atomic E-state index is -1.04. The average Bonchev–Trinajstić information content (AvgIpc) is 3.54. The third kappa shape index (κ3) is 6.47. The van der Waals surface area contributed by atoms with Crippen molar-refractivity contribution in [2.75, 3.05) is 11.5 Å². The van der Waals surface area contributed by atoms with Crippen LogP contribution < -0.4 is 9.64 Å². The fraction of sp³-hybridized carbons (Fsp3) is 0.118. The Labute approximate surface area is 252 Å². The summed E-state index contributed by atoms with van der Waals surface area (Å²) in [7, 11) is 0. The lowest BCUT2D eigenvalue weighted by molar-refractivity contribution is -0.117. The van der Waals surface area contributed by atoms with Gasteiger partial charge in [0, 0.05) is 0 Å². The molecule has 0 spiro atoms. The number of hydrogen-bond acceptors (Lipinski definition) is 8. The van der Waals surface area contributed by atoms with E-state index in [1.54, 1.807) is 37.3 Å². The van der Waals surface area contributed by atoms with Crippen molar-refractivity contribution in [3.63, 3.8) is 0 Å². The number of hydrogen-bond donors (Lipinski definition) is 1. The van der Waals surface area contributed by atoms with E-state index in [-0.39, 0.29) is 22.2 Å². The zero-order chi connectivity index (χ0) is 30.3. The number of aromatic nitrogens is 1. The van der Waals surface area contributed by atoms with Gasteiger partial charge in [0.25, 0.3) is 5.91 Å². The highest BCUT2D eigenvalue weighted by Gasteiger charge is 2.45. The monoisotopic (exact) mass is 592 g/mol. The summed E-state index contributed by atoms with van der Waals surface area (Å²) in [6.45, 7) is 5.50. The molecule has 1 amide bonds. The van der Waals surface area contributed by atoms with Crippen LogP contribution >= 0.6 is 11.3 Å². The van der Waals surface area contributed by atoms with Crippen LogP contribution in [0.25, 0.3) is 6.08 Å². The zero-order valence-corrected chi connectivity index (χ0v) is 24.1. The van der Waals surface area contributed by atoms with Gasteiger partial charge in [-0.1, -0.05) is 103 Å². The number of esters is 1. The molecular formula is C34H28N2O6S. The molecule has 3 aromatic carbocycles. The summed E-state index contributed by atoms with van der Waals surface area (Å²) in [5, 5.41) is 11.2. The van der Waals surface area contributed by atoms with Gasteiger partial charge in [-0.05, 0) is 41.8 Å². The van der Waals surface area contributed by atoms with Crippen LogP contribution in [0.5, 0.6) is 5.75 Å². The molecule has 0 radical (unpaired) electrons. The van der Waals surface area contributed by atoms with Gasteiger partial charge >= 0.3 is 5.97 Å². The number of rotatable bonds is 11. The van der Waals surface area contributed by atoms with Crippen molar-refractivity contribution in [3.8, 4) is 5.75 Å². The Kier molecular flexibility index (Phi) is 8.93. The van der Waals surface area contributed by atoms with Gasteiger partial charge in [0.2, 0.25) is 0 Å². The molecule has 1 aliphatic heterocycles. The molecule has 2 heterocycles. The first-order chi connectivity index (χ1) is 20.9. The lowest BCUT2D eigenvalue weighted by Gasteiger charge is -2.24. The van der Waals surface area contributed by atoms with Crippen molar-refractivity contribution in [2.45, 2.75) is 19.6 Å². The van der Waals surface area contributed by atoms with E-state index in [1.807, 2.05) is 60.7 Å². The molecule has 0 saturated heterocycles. The Balaban J connectivity index is 1.53. The van der Waals surface area contributed by atoms with Crippen LogP contribution in [0.4, 0.5) is 5.13 Å². The van der Waals surface area contributed by atoms with Crippen LogP contribution in [0.1, 0.15) is 38.1 Å². The van der Waals surface area contributed by atoms with Gasteiger partial charge in [-0.25, -0.2) is 9.78 Å². The lowest BCUT2D eigenvalue weighted by Crippen LogP contribution is -2.30. The summed E-state index contributed by atoms with van der Waals surface area (Å²) in [6.07, 6.45) is 4.39. The average molecular weight is 593 g/mol. The van der Waals surface area contributed by atoms with Crippen molar-refractivity contribution in [1.29, 1.82) is 0 Å². The lowest BCUT2D eigenvalue weighted by atomic mass is 9.95. The molecule has 0 aliphatic carbocycles. The van der Waals surface area contributed by atoms with Gasteiger partial charge in [-0.15, -0.1) is 0 Å². The van der Waals surface area contributed by atoms with Crippen molar-refractivity contribution in [1.82, 2.24) is 4.98 Å². The number of amides is 1. The number of ketones is 1. The molecule has 1 aromatic heterocycles. The predicted octanol–water partition coefficient (Wildman–Crippen LogP) is 6.56. The minimum absolute atomic E-state index is 0.0152. The number of aryl methyl sites for hydroxylation is 1. The zero-order valence-electron chi connectivity index (χ0n) is 23.3. The molecular weight excluding hydrogens is 564 g/mol. The summed E-state index contributed by atoms with van der Waals surface area (Å²) in [5.41, 5.74) is 2.51. The quantitative estimate of drug-likeness (QED) is 0.120. The van der Waals surface area contributed by atoms with E-state index in [1.165, 1.54) is 17.1 Å². The topological polar surface area (TPSA) is 106 Å². The highest BCUT2D eigenvalue weighted by atomic mass is 32.1. The maximum atomic E-state index is 13.6. The minimum Gasteiger partial charge on any atom is -0.503 e. The molecule has 1 unspecified atom stereocenters. The molecule has 8 nitrogen and oxygen atoms in total. The van der Waals surface area contributed by atoms with Crippen LogP contribution in [0.2, 0.25) is 0 Å². The summed E-state index contributed by atoms with van der Waals surface area (Å²) in [5.74, 6) is -2.14. The van der Waals surface area contributed by atoms with Crippen LogP contribution in [0.3, 0.4) is 0 Å². The summed E-state index contributed by atoms with van der Waals surface area (Å²) in [6, 6.07) is 24.8. The summed E-state index contributed by atoms with van der Waals surface area (Å²) >= 11 is 0.942. The number of allylic oxidation sites excluding steroid dienone is 1. The van der Waals surface area contributed by atoms with Crippen LogP contribution in [-0.4, -0.2) is 34.4 Å². The second kappa shape index (κ2) is 13.1. The number of anilines is 1. The summed E-state index contributed by atoms with van der Waals surface area (Å²) < 4.78 is 11.2. The number of carbonyl (C=O) groups is 3. The smallest absolute Gasteiger partial charge is 0.350 e. The number of ether oxygens (including phenoxy) is 2. The fourth-order valence-electron chi connectivity index (χ4n) is 4.59. The molecule has 1 aliphatic rings. The maximum absolute atomic E-state index is 13.6. The highest BCUT2D eigenvalue weighted by Crippen LogP contribution is 2.43. The number of aliphatic hydroxyl groups excluding tert-OH is 1. The fourth-order valence-corrected chi connectivity index (χ4v) is 5.57. The Hall–Kier alpha value is -5.28. The van der Waals surface area contributed by atoms with Crippen LogP contribution in [0, 0.1) is 6.92 Å². The summed E-state index contributed by atoms with van der Waals surface area (Å²) in [4.78, 5) is 45.7. The largest absolute Gasteiger partial charge is 0.503 e. The number of benzene rings is 3. The van der Waals surface area contributed by atoms with Crippen LogP contribution in [0.15, 0.2) is 115 Å². The van der Waals surface area contributed by atoms with Gasteiger partial charge in [0.15, 0.2) is 16.7 Å². The second-order valence-corrected chi connectivity index (χ2v) is 10.6. The standard InChI is InChI=1S/C34H28N2O6S/c1-3-19-41-33(40)31-22(2)35-34(43-31)36-29(25-15-10-16-26(20-25)42-21-24-13-8-5-9-14-24)28(30(38)32(36)39)27(37)18-17-23-11-6-4-7-12-23/h3-18,20,29,38H,1,19,21H2,2H3. The van der Waals surface area contributed by atoms with E-state index in [0.717, 1.165) is 22.5 Å². The molecule has 0 fully saturated rings. The van der Waals surface area contributed by atoms with E-state index < -0.39 is 29.5 Å². The number of nitrogens with zero attached hydrogens (tertiary/aromatic N) is 2. The van der Waals surface area contributed by atoms with E-state index in [9.17, 15) is 19.5 Å². The van der Waals surface area contributed by atoms with E-state index >= 15 is 0 Å². The molecule has 216 valence electrons. The number of aliphatic hydroxyl groups is 1. The Morgan fingerprint density at radius 2 is 1.77 bits per heavy atom. The van der Waals surface area contributed by atoms with E-state index in [4.69, 9.17) is 9.47 Å². The van der Waals surface area contributed by atoms with Crippen molar-refractivity contribution in [2.24, 2.45) is 0 Å². The third-order valence-corrected chi connectivity index (χ3v) is 7.77. The molecule has 0 bridgehead atoms. The van der Waals surface area contributed by atoms with Crippen molar-refractivity contribution in [3.05, 3.63) is 142 Å². The first-order valence-electron chi connectivity index (χ1n) is 13.4. The SMILES string of the molecule is C=CCOC(=O)c1sc(N2C(=O)C(O)=C(C(=O)C=Cc3ccccc3)C2c2cccc(OCc3ccccc3)c2)nc1C. The Morgan fingerprint density at radius 3 is 2.49 bits per heavy atom. The van der Waals surface area contributed by atoms with E-state index in [2.05, 4.69) is 11.6 Å². The maximum Gasteiger partial charge on any atom is 0.350 e. The van der Waals surface area contributed by atoms with E-state index in [0.29, 0.717) is 23.6 Å². The molecule has 43 heavy (non-hydrogen) atoms. The first-order valence-corrected chi connectivity index (χ1v) is 14.2. The second-order valence-electron chi connectivity index (χ2n) is 9.59. The molecule has 1 atom stereocenters. The molecule has 9 heteroatoms.